The van der Waals surface area contributed by atoms with Crippen molar-refractivity contribution in [1.82, 2.24) is 0 Å². The molecule has 0 heterocycles. The number of hydrogen-bond acceptors (Lipinski definition) is 4. The molecule has 0 rings (SSSR count). The Bertz CT molecular complexity index is 246. The largest absolute Gasteiger partial charge is 0.668 e. The van der Waals surface area contributed by atoms with E-state index in [9.17, 15) is 4.79 Å². The van der Waals surface area contributed by atoms with Gasteiger partial charge in [0.1, 0.15) is 0 Å². The zero-order chi connectivity index (χ0) is 13.1. The van der Waals surface area contributed by atoms with Gasteiger partial charge in [0.05, 0.1) is 11.7 Å². The van der Waals surface area contributed by atoms with Gasteiger partial charge < -0.3 is 21.5 Å². The molecule has 0 saturated heterocycles. The van der Waals surface area contributed by atoms with Crippen LogP contribution in [-0.4, -0.2) is 22.0 Å². The van der Waals surface area contributed by atoms with Crippen molar-refractivity contribution in [1.29, 1.82) is 5.41 Å². The van der Waals surface area contributed by atoms with E-state index in [2.05, 4.69) is 0 Å². The summed E-state index contributed by atoms with van der Waals surface area (Å²) in [4.78, 5) is 18.8. The predicted octanol–water partition coefficient (Wildman–Crippen LogP) is 1.35. The Hall–Kier alpha value is -0.756. The third kappa shape index (κ3) is 25.5. The van der Waals surface area contributed by atoms with Crippen LogP contribution in [0.4, 0.5) is 0 Å². The molecule has 0 aromatic heterocycles. The molecule has 0 bridgehead atoms. The fourth-order valence-corrected chi connectivity index (χ4v) is 0.897. The monoisotopic (exact) mass is 322 g/mol. The second-order valence-corrected chi connectivity index (χ2v) is 3.27. The van der Waals surface area contributed by atoms with Crippen LogP contribution in [0, 0.1) is 21.4 Å². The van der Waals surface area contributed by atoms with E-state index in [0.717, 1.165) is 19.3 Å². The first-order chi connectivity index (χ1) is 7.27. The first-order valence-electron chi connectivity index (χ1n) is 4.69. The predicted molar refractivity (Wildman–Crippen MR) is 57.7 cm³/mol. The summed E-state index contributed by atoms with van der Waals surface area (Å²) in [6.07, 6.45) is 3.03. The molecular weight excluding hydrogens is 305 g/mol. The molecule has 0 aliphatic rings. The van der Waals surface area contributed by atoms with Crippen LogP contribution in [-0.2, 0) is 37.5 Å². The van der Waals surface area contributed by atoms with E-state index >= 15 is 0 Å². The van der Waals surface area contributed by atoms with E-state index in [-0.39, 0.29) is 44.5 Å². The van der Waals surface area contributed by atoms with Crippen molar-refractivity contribution in [2.24, 2.45) is 11.7 Å². The number of amides is 1. The van der Waals surface area contributed by atoms with Crippen LogP contribution in [0.5, 0.6) is 0 Å². The van der Waals surface area contributed by atoms with E-state index in [1.807, 2.05) is 0 Å². The number of amidine groups is 1. The summed E-state index contributed by atoms with van der Waals surface area (Å²) in [6, 6.07) is 0. The Morgan fingerprint density at radius 3 is 2.29 bits per heavy atom. The first-order valence-corrected chi connectivity index (χ1v) is 4.69. The molecule has 1 radical (unpaired) electrons. The van der Waals surface area contributed by atoms with Gasteiger partial charge in [0.2, 0.25) is 0 Å². The van der Waals surface area contributed by atoms with Gasteiger partial charge in [0.25, 0.3) is 5.09 Å². The van der Waals surface area contributed by atoms with Gasteiger partial charge in [-0.2, -0.15) is 0 Å². The minimum Gasteiger partial charge on any atom is -0.668 e. The molecule has 0 fully saturated rings. The van der Waals surface area contributed by atoms with Crippen molar-refractivity contribution in [3.05, 3.63) is 15.8 Å². The van der Waals surface area contributed by atoms with E-state index in [4.69, 9.17) is 32.2 Å². The number of nitrogens with one attached hydrogen (secondary N) is 2. The quantitative estimate of drug-likeness (QED) is 0.221. The van der Waals surface area contributed by atoms with E-state index in [1.165, 1.54) is 0 Å². The average molecular weight is 322 g/mol. The van der Waals surface area contributed by atoms with Gasteiger partial charge >= 0.3 is 0 Å². The molecular formula is C8H17N4O4Y-. The van der Waals surface area contributed by atoms with E-state index in [0.29, 0.717) is 6.42 Å². The number of unbranched alkanes of at least 4 members (excludes halogenated alkanes) is 1. The van der Waals surface area contributed by atoms with Crippen molar-refractivity contribution in [2.75, 3.05) is 0 Å². The normalized spacial score (nSPS) is 10.2. The Morgan fingerprint density at radius 1 is 1.59 bits per heavy atom. The van der Waals surface area contributed by atoms with Crippen molar-refractivity contribution in [3.63, 3.8) is 0 Å². The third-order valence-corrected chi connectivity index (χ3v) is 1.78. The molecule has 5 N–H and O–H groups in total. The molecule has 1 amide bonds. The van der Waals surface area contributed by atoms with Gasteiger partial charge in [-0.3, -0.25) is 5.41 Å². The van der Waals surface area contributed by atoms with Crippen LogP contribution in [0.25, 0.3) is 5.73 Å². The van der Waals surface area contributed by atoms with Crippen molar-refractivity contribution in [2.45, 2.75) is 32.6 Å². The summed E-state index contributed by atoms with van der Waals surface area (Å²) in [5.74, 6) is -0.477. The molecule has 0 spiro atoms. The zero-order valence-corrected chi connectivity index (χ0v) is 12.5. The molecule has 97 valence electrons. The molecule has 1 unspecified atom stereocenters. The maximum Gasteiger partial charge on any atom is 0.291 e. The fraction of sp³-hybridized carbons (Fsp3) is 0.750. The van der Waals surface area contributed by atoms with Gasteiger partial charge in [-0.05, 0) is 18.8 Å². The second-order valence-electron chi connectivity index (χ2n) is 3.27. The van der Waals surface area contributed by atoms with Crippen LogP contribution in [0.15, 0.2) is 0 Å². The number of carbonyl (C=O) groups excluding carboxylic acids is 1. The summed E-state index contributed by atoms with van der Waals surface area (Å²) >= 11 is 0. The number of nitrogens with zero attached hydrogens (tertiary/aromatic N) is 1. The number of nitrogens with two attached hydrogens (primary N) is 1. The average Bonchev–Trinajstić information content (AvgIpc) is 2.10. The second kappa shape index (κ2) is 13.3. The van der Waals surface area contributed by atoms with Crippen molar-refractivity contribution < 1.29 is 47.8 Å². The molecule has 17 heavy (non-hydrogen) atoms. The van der Waals surface area contributed by atoms with Crippen LogP contribution in [0.3, 0.4) is 0 Å². The van der Waals surface area contributed by atoms with Crippen molar-refractivity contribution >= 4 is 11.7 Å². The standard InChI is InChI=1S/C8H17N3O.HNO3.Y/c1-6(8(11)12)4-2-3-5-7(9)10;2-1(3)4;/h6H,2-5H2,1H3,(H5,9,10,11,12);(H,2,3,4);/p-1. The molecule has 0 aliphatic carbocycles. The smallest absolute Gasteiger partial charge is 0.291 e. The molecule has 1 atom stereocenters. The summed E-state index contributed by atoms with van der Waals surface area (Å²) < 4.78 is 0. The van der Waals surface area contributed by atoms with E-state index in [1.54, 1.807) is 6.92 Å². The maximum absolute atomic E-state index is 10.5. The zero-order valence-electron chi connectivity index (χ0n) is 9.68. The SMILES string of the molecule is CC(CCCCC(=N)N)C([NH-])=O.O=[N+]([O-])O.[Y]. The Balaban J connectivity index is -0.000000340. The van der Waals surface area contributed by atoms with Crippen LogP contribution in [0.1, 0.15) is 32.6 Å². The van der Waals surface area contributed by atoms with Gasteiger partial charge in [-0.1, -0.05) is 13.3 Å². The van der Waals surface area contributed by atoms with Gasteiger partial charge in [0, 0.05) is 39.1 Å². The molecule has 0 aromatic carbocycles. The van der Waals surface area contributed by atoms with Crippen LogP contribution < -0.4 is 5.73 Å². The van der Waals surface area contributed by atoms with Gasteiger partial charge in [-0.25, -0.2) is 0 Å². The molecule has 0 saturated carbocycles. The Labute approximate surface area is 125 Å². The fourth-order valence-electron chi connectivity index (χ4n) is 0.897. The molecule has 9 heteroatoms. The molecule has 8 nitrogen and oxygen atoms in total. The minimum atomic E-state index is -1.50. The summed E-state index contributed by atoms with van der Waals surface area (Å²) in [6.45, 7) is 1.75. The summed E-state index contributed by atoms with van der Waals surface area (Å²) in [7, 11) is 0. The Morgan fingerprint density at radius 2 is 2.00 bits per heavy atom. The third-order valence-electron chi connectivity index (χ3n) is 1.78. The van der Waals surface area contributed by atoms with Crippen LogP contribution in [0.2, 0.25) is 0 Å². The Kier molecular flexibility index (Phi) is 16.8. The van der Waals surface area contributed by atoms with Gasteiger partial charge in [-0.15, -0.1) is 10.1 Å². The maximum atomic E-state index is 10.5. The van der Waals surface area contributed by atoms with E-state index < -0.39 is 11.0 Å². The molecule has 0 aliphatic heterocycles. The van der Waals surface area contributed by atoms with Crippen LogP contribution >= 0.6 is 0 Å². The topological polar surface area (TPSA) is 154 Å². The number of carbonyl (C=O) groups is 1. The number of rotatable bonds is 6. The number of hydrogen-bond donors (Lipinski definition) is 3. The van der Waals surface area contributed by atoms with Crippen molar-refractivity contribution in [3.8, 4) is 0 Å². The first kappa shape index (κ1) is 21.5. The molecule has 0 aromatic rings. The summed E-state index contributed by atoms with van der Waals surface area (Å²) in [5.41, 5.74) is 11.9. The summed E-state index contributed by atoms with van der Waals surface area (Å²) in [5, 5.41) is 20.6. The minimum absolute atomic E-state index is 0. The van der Waals surface area contributed by atoms with Gasteiger partial charge in [0.15, 0.2) is 0 Å².